The number of aliphatic hydroxyl groups is 2. The van der Waals surface area contributed by atoms with Crippen LogP contribution < -0.4 is 0 Å². The molecule has 0 heterocycles. The van der Waals surface area contributed by atoms with Crippen molar-refractivity contribution in [2.24, 2.45) is 0 Å². The maximum Gasteiger partial charge on any atom is 0.0977 e. The third-order valence-electron chi connectivity index (χ3n) is 2.80. The molecule has 19 heavy (non-hydrogen) atoms. The Morgan fingerprint density at radius 2 is 1.21 bits per heavy atom. The van der Waals surface area contributed by atoms with Crippen LogP contribution >= 0.6 is 0 Å². The largest absolute Gasteiger partial charge is 0.467 e. The van der Waals surface area contributed by atoms with Gasteiger partial charge in [0.05, 0.1) is 24.7 Å². The van der Waals surface area contributed by atoms with E-state index in [0.717, 1.165) is 25.9 Å². The summed E-state index contributed by atoms with van der Waals surface area (Å²) < 4.78 is 5.54. The van der Waals surface area contributed by atoms with Crippen molar-refractivity contribution in [2.75, 3.05) is 53.5 Å². The predicted molar refractivity (Wildman–Crippen MR) is 77.8 cm³/mol. The molecular weight excluding hydrogens is 244 g/mol. The molecule has 0 aliphatic rings. The maximum atomic E-state index is 8.78. The second-order valence-corrected chi connectivity index (χ2v) is 4.73. The molecule has 0 atom stereocenters. The van der Waals surface area contributed by atoms with Gasteiger partial charge < -0.3 is 24.7 Å². The molecule has 0 aliphatic carbocycles. The molecule has 0 saturated heterocycles. The minimum absolute atomic E-state index is 0.160. The van der Waals surface area contributed by atoms with Gasteiger partial charge in [0.15, 0.2) is 0 Å². The number of nitrogens with zero attached hydrogens (tertiary/aromatic N) is 2. The van der Waals surface area contributed by atoms with Crippen LogP contribution in [0, 0.1) is 0 Å². The summed E-state index contributed by atoms with van der Waals surface area (Å²) in [6.07, 6.45) is 1.45. The normalized spacial score (nSPS) is 11.1. The lowest BCUT2D eigenvalue weighted by Crippen LogP contribution is -2.24. The van der Waals surface area contributed by atoms with Crippen LogP contribution in [0.4, 0.5) is 0 Å². The van der Waals surface area contributed by atoms with Gasteiger partial charge in [-0.3, -0.25) is 0 Å². The van der Waals surface area contributed by atoms with Gasteiger partial charge in [-0.25, -0.2) is 0 Å². The molecular formula is C14H28N2O3. The monoisotopic (exact) mass is 272 g/mol. The molecule has 0 aromatic carbocycles. The fraction of sp³-hybridized carbons (Fsp3) is 0.714. The summed E-state index contributed by atoms with van der Waals surface area (Å²) in [5, 5.41) is 17.6. The Bertz CT molecular complexity index is 243. The Kier molecular flexibility index (Phi) is 10.5. The van der Waals surface area contributed by atoms with Gasteiger partial charge in [0.1, 0.15) is 0 Å². The predicted octanol–water partition coefficient (Wildman–Crippen LogP) is 0.659. The smallest absolute Gasteiger partial charge is 0.0977 e. The first-order chi connectivity index (χ1) is 8.99. The fourth-order valence-corrected chi connectivity index (χ4v) is 1.50. The highest BCUT2D eigenvalue weighted by Crippen LogP contribution is 2.10. The summed E-state index contributed by atoms with van der Waals surface area (Å²) in [6.45, 7) is 11.0. The summed E-state index contributed by atoms with van der Waals surface area (Å²) in [5.74, 6) is 1.39. The Morgan fingerprint density at radius 1 is 0.842 bits per heavy atom. The summed E-state index contributed by atoms with van der Waals surface area (Å²) in [4.78, 5) is 4.04. The molecule has 0 aromatic heterocycles. The molecule has 0 spiro atoms. The van der Waals surface area contributed by atoms with Crippen molar-refractivity contribution in [3.63, 3.8) is 0 Å². The van der Waals surface area contributed by atoms with Crippen molar-refractivity contribution >= 4 is 0 Å². The molecule has 112 valence electrons. The van der Waals surface area contributed by atoms with E-state index in [2.05, 4.69) is 13.2 Å². The third kappa shape index (κ3) is 10.7. The van der Waals surface area contributed by atoms with Gasteiger partial charge in [-0.2, -0.15) is 0 Å². The van der Waals surface area contributed by atoms with Gasteiger partial charge in [-0.15, -0.1) is 0 Å². The van der Waals surface area contributed by atoms with Crippen LogP contribution in [0.15, 0.2) is 24.7 Å². The van der Waals surface area contributed by atoms with E-state index >= 15 is 0 Å². The lowest BCUT2D eigenvalue weighted by atomic mass is 10.3. The van der Waals surface area contributed by atoms with Crippen molar-refractivity contribution < 1.29 is 14.9 Å². The highest BCUT2D eigenvalue weighted by Gasteiger charge is 2.04. The zero-order valence-electron chi connectivity index (χ0n) is 12.3. The minimum atomic E-state index is 0.160. The minimum Gasteiger partial charge on any atom is -0.467 e. The molecule has 0 bridgehead atoms. The van der Waals surface area contributed by atoms with Crippen LogP contribution in [0.3, 0.4) is 0 Å². The van der Waals surface area contributed by atoms with E-state index in [1.165, 1.54) is 0 Å². The molecule has 2 N–H and O–H groups in total. The van der Waals surface area contributed by atoms with Crippen molar-refractivity contribution in [1.29, 1.82) is 0 Å². The zero-order chi connectivity index (χ0) is 14.7. The molecule has 0 aliphatic heterocycles. The molecule has 0 saturated carbocycles. The third-order valence-corrected chi connectivity index (χ3v) is 2.80. The van der Waals surface area contributed by atoms with Crippen LogP contribution in [0.1, 0.15) is 12.8 Å². The standard InChI is InChI=1S/C14H28N2O3/c1-13(5-7-15(3)9-11-17)19-14(2)6-8-16(4)10-12-18/h17-18H,1-2,5-12H2,3-4H3. The van der Waals surface area contributed by atoms with Gasteiger partial charge in [0, 0.05) is 39.0 Å². The van der Waals surface area contributed by atoms with Gasteiger partial charge in [-0.1, -0.05) is 13.2 Å². The summed E-state index contributed by atoms with van der Waals surface area (Å²) >= 11 is 0. The Morgan fingerprint density at radius 3 is 1.53 bits per heavy atom. The Hall–Kier alpha value is -0.880. The topological polar surface area (TPSA) is 56.2 Å². The lowest BCUT2D eigenvalue weighted by molar-refractivity contribution is 0.200. The van der Waals surface area contributed by atoms with Gasteiger partial charge in [0.25, 0.3) is 0 Å². The number of rotatable bonds is 12. The number of hydrogen-bond donors (Lipinski definition) is 2. The van der Waals surface area contributed by atoms with Crippen LogP contribution in [-0.2, 0) is 4.74 Å². The van der Waals surface area contributed by atoms with E-state index in [1.807, 2.05) is 23.9 Å². The number of aliphatic hydroxyl groups excluding tert-OH is 2. The van der Waals surface area contributed by atoms with E-state index in [1.54, 1.807) is 0 Å². The molecule has 0 unspecified atom stereocenters. The first kappa shape index (κ1) is 18.1. The first-order valence-corrected chi connectivity index (χ1v) is 6.61. The number of hydrogen-bond acceptors (Lipinski definition) is 5. The van der Waals surface area contributed by atoms with Crippen LogP contribution in [0.5, 0.6) is 0 Å². The van der Waals surface area contributed by atoms with Gasteiger partial charge >= 0.3 is 0 Å². The number of ether oxygens (including phenoxy) is 1. The first-order valence-electron chi connectivity index (χ1n) is 6.61. The van der Waals surface area contributed by atoms with Crippen molar-refractivity contribution in [3.8, 4) is 0 Å². The van der Waals surface area contributed by atoms with E-state index in [9.17, 15) is 0 Å². The van der Waals surface area contributed by atoms with Crippen LogP contribution in [0.2, 0.25) is 0 Å². The second-order valence-electron chi connectivity index (χ2n) is 4.73. The molecule has 0 fully saturated rings. The number of likely N-dealkylation sites (N-methyl/N-ethyl adjacent to an activating group) is 2. The van der Waals surface area contributed by atoms with Crippen LogP contribution in [-0.4, -0.2) is 73.5 Å². The van der Waals surface area contributed by atoms with Gasteiger partial charge in [-0.05, 0) is 14.1 Å². The van der Waals surface area contributed by atoms with Crippen molar-refractivity contribution in [3.05, 3.63) is 24.7 Å². The van der Waals surface area contributed by atoms with E-state index in [-0.39, 0.29) is 13.2 Å². The molecule has 0 amide bonds. The highest BCUT2D eigenvalue weighted by molar-refractivity contribution is 4.94. The SMILES string of the molecule is C=C(CCN(C)CCO)OC(=C)CCN(C)CCO. The van der Waals surface area contributed by atoms with E-state index in [0.29, 0.717) is 24.6 Å². The molecule has 0 radical (unpaired) electrons. The quantitative estimate of drug-likeness (QED) is 0.511. The van der Waals surface area contributed by atoms with Crippen molar-refractivity contribution in [1.82, 2.24) is 9.80 Å². The summed E-state index contributed by atoms with van der Waals surface area (Å²) in [5.41, 5.74) is 0. The van der Waals surface area contributed by atoms with Crippen molar-refractivity contribution in [2.45, 2.75) is 12.8 Å². The Labute approximate surface area is 116 Å². The second kappa shape index (κ2) is 11.0. The molecule has 0 rings (SSSR count). The molecule has 5 heteroatoms. The molecule has 0 aromatic rings. The average molecular weight is 272 g/mol. The summed E-state index contributed by atoms with van der Waals surface area (Å²) in [6, 6.07) is 0. The van der Waals surface area contributed by atoms with E-state index in [4.69, 9.17) is 14.9 Å². The highest BCUT2D eigenvalue weighted by atomic mass is 16.5. The zero-order valence-corrected chi connectivity index (χ0v) is 12.3. The van der Waals surface area contributed by atoms with Crippen LogP contribution in [0.25, 0.3) is 0 Å². The van der Waals surface area contributed by atoms with Gasteiger partial charge in [0.2, 0.25) is 0 Å². The average Bonchev–Trinajstić information content (AvgIpc) is 2.35. The molecule has 5 nitrogen and oxygen atoms in total. The fourth-order valence-electron chi connectivity index (χ4n) is 1.50. The van der Waals surface area contributed by atoms with E-state index < -0.39 is 0 Å². The lowest BCUT2D eigenvalue weighted by Gasteiger charge is -2.18. The maximum absolute atomic E-state index is 8.78. The summed E-state index contributed by atoms with van der Waals surface area (Å²) in [7, 11) is 3.89. The Balaban J connectivity index is 3.72.